The van der Waals surface area contributed by atoms with Crippen LogP contribution in [0, 0.1) is 0 Å². The maximum atomic E-state index is 10.7. The summed E-state index contributed by atoms with van der Waals surface area (Å²) >= 11 is 0. The van der Waals surface area contributed by atoms with Crippen molar-refractivity contribution in [1.82, 2.24) is 4.90 Å². The smallest absolute Gasteiger partial charge is 0.0917 e. The highest BCUT2D eigenvalue weighted by molar-refractivity contribution is 5.18. The van der Waals surface area contributed by atoms with E-state index in [1.807, 2.05) is 30.3 Å². The van der Waals surface area contributed by atoms with Crippen LogP contribution in [0.3, 0.4) is 0 Å². The molecule has 2 aromatic rings. The van der Waals surface area contributed by atoms with Crippen LogP contribution in [0.15, 0.2) is 60.7 Å². The Morgan fingerprint density at radius 3 is 2.17 bits per heavy atom. The number of aliphatic hydroxyl groups excluding tert-OH is 1. The number of hydrogen-bond acceptors (Lipinski definition) is 2. The molecule has 0 amide bonds. The van der Waals surface area contributed by atoms with Gasteiger partial charge < -0.3 is 5.11 Å². The van der Waals surface area contributed by atoms with E-state index in [0.29, 0.717) is 6.04 Å². The highest BCUT2D eigenvalue weighted by Crippen LogP contribution is 2.25. The van der Waals surface area contributed by atoms with Gasteiger partial charge in [-0.3, -0.25) is 4.90 Å². The van der Waals surface area contributed by atoms with E-state index < -0.39 is 6.10 Å². The molecule has 0 radical (unpaired) electrons. The number of benzene rings is 2. The molecule has 24 heavy (non-hydrogen) atoms. The summed E-state index contributed by atoms with van der Waals surface area (Å²) in [6.45, 7) is 1.76. The van der Waals surface area contributed by atoms with Crippen molar-refractivity contribution in [2.45, 2.75) is 50.7 Å². The minimum absolute atomic E-state index is 0.399. The van der Waals surface area contributed by atoms with Gasteiger partial charge in [0, 0.05) is 19.1 Å². The fraction of sp³-hybridized carbons (Fsp3) is 0.455. The molecule has 1 unspecified atom stereocenters. The van der Waals surface area contributed by atoms with Gasteiger partial charge in [0.15, 0.2) is 0 Å². The van der Waals surface area contributed by atoms with E-state index in [0.717, 1.165) is 25.1 Å². The molecule has 2 heteroatoms. The predicted molar refractivity (Wildman–Crippen MR) is 100.0 cm³/mol. The fourth-order valence-corrected chi connectivity index (χ4v) is 3.79. The summed E-state index contributed by atoms with van der Waals surface area (Å²) in [6.07, 6.45) is 7.22. The van der Waals surface area contributed by atoms with Crippen molar-refractivity contribution in [2.75, 3.05) is 13.1 Å². The topological polar surface area (TPSA) is 23.5 Å². The van der Waals surface area contributed by atoms with Gasteiger partial charge in [-0.25, -0.2) is 0 Å². The zero-order valence-corrected chi connectivity index (χ0v) is 14.5. The van der Waals surface area contributed by atoms with Crippen molar-refractivity contribution in [2.24, 2.45) is 0 Å². The Kier molecular flexibility index (Phi) is 6.45. The van der Waals surface area contributed by atoms with Crippen molar-refractivity contribution < 1.29 is 5.11 Å². The average molecular weight is 323 g/mol. The maximum absolute atomic E-state index is 10.7. The Hall–Kier alpha value is -1.64. The predicted octanol–water partition coefficient (Wildman–Crippen LogP) is 4.60. The first-order valence-corrected chi connectivity index (χ1v) is 9.34. The molecule has 2 nitrogen and oxygen atoms in total. The third kappa shape index (κ3) is 4.93. The van der Waals surface area contributed by atoms with E-state index >= 15 is 0 Å². The monoisotopic (exact) mass is 323 g/mol. The summed E-state index contributed by atoms with van der Waals surface area (Å²) in [5.41, 5.74) is 2.41. The molecule has 1 atom stereocenters. The molecular formula is C22H29NO. The van der Waals surface area contributed by atoms with Crippen LogP contribution in [-0.2, 0) is 6.42 Å². The Balaban J connectivity index is 1.64. The second-order valence-corrected chi connectivity index (χ2v) is 6.95. The SMILES string of the molecule is OC(CN(CCc1ccccc1)C1CCCCC1)c1ccccc1. The van der Waals surface area contributed by atoms with Gasteiger partial charge in [0.1, 0.15) is 0 Å². The largest absolute Gasteiger partial charge is 0.387 e. The number of hydrogen-bond donors (Lipinski definition) is 1. The van der Waals surface area contributed by atoms with Crippen LogP contribution in [-0.4, -0.2) is 29.1 Å². The maximum Gasteiger partial charge on any atom is 0.0917 e. The summed E-state index contributed by atoms with van der Waals surface area (Å²) in [5.74, 6) is 0. The third-order valence-electron chi connectivity index (χ3n) is 5.21. The molecule has 0 bridgehead atoms. The Labute approximate surface area is 146 Å². The summed E-state index contributed by atoms with van der Waals surface area (Å²) in [7, 11) is 0. The van der Waals surface area contributed by atoms with Gasteiger partial charge in [0.25, 0.3) is 0 Å². The molecule has 0 heterocycles. The quantitative estimate of drug-likeness (QED) is 0.805. The van der Waals surface area contributed by atoms with E-state index in [2.05, 4.69) is 35.2 Å². The lowest BCUT2D eigenvalue weighted by atomic mass is 9.93. The Morgan fingerprint density at radius 1 is 0.875 bits per heavy atom. The number of nitrogens with zero attached hydrogens (tertiary/aromatic N) is 1. The Morgan fingerprint density at radius 2 is 1.50 bits per heavy atom. The molecule has 0 spiro atoms. The van der Waals surface area contributed by atoms with Crippen molar-refractivity contribution in [3.05, 3.63) is 71.8 Å². The first-order chi connectivity index (χ1) is 11.8. The van der Waals surface area contributed by atoms with Crippen molar-refractivity contribution in [1.29, 1.82) is 0 Å². The van der Waals surface area contributed by atoms with Crippen LogP contribution in [0.4, 0.5) is 0 Å². The van der Waals surface area contributed by atoms with Crippen LogP contribution < -0.4 is 0 Å². The molecule has 1 aliphatic rings. The molecule has 1 N–H and O–H groups in total. The summed E-state index contributed by atoms with van der Waals surface area (Å²) < 4.78 is 0. The lowest BCUT2D eigenvalue weighted by molar-refractivity contribution is 0.0735. The van der Waals surface area contributed by atoms with E-state index in [4.69, 9.17) is 0 Å². The minimum atomic E-state index is -0.399. The van der Waals surface area contributed by atoms with Crippen molar-refractivity contribution in [3.63, 3.8) is 0 Å². The number of rotatable bonds is 7. The highest BCUT2D eigenvalue weighted by atomic mass is 16.3. The van der Waals surface area contributed by atoms with E-state index in [1.165, 1.54) is 37.7 Å². The molecule has 2 aromatic carbocycles. The first kappa shape index (κ1) is 17.2. The van der Waals surface area contributed by atoms with Crippen molar-refractivity contribution >= 4 is 0 Å². The van der Waals surface area contributed by atoms with Crippen LogP contribution in [0.5, 0.6) is 0 Å². The zero-order chi connectivity index (χ0) is 16.6. The molecule has 0 aliphatic heterocycles. The summed E-state index contributed by atoms with van der Waals surface area (Å²) in [4.78, 5) is 2.53. The average Bonchev–Trinajstić information content (AvgIpc) is 2.67. The fourth-order valence-electron chi connectivity index (χ4n) is 3.79. The van der Waals surface area contributed by atoms with E-state index in [9.17, 15) is 5.11 Å². The van der Waals surface area contributed by atoms with Gasteiger partial charge in [-0.1, -0.05) is 79.9 Å². The van der Waals surface area contributed by atoms with Gasteiger partial charge in [-0.2, -0.15) is 0 Å². The number of aliphatic hydroxyl groups is 1. The van der Waals surface area contributed by atoms with Crippen LogP contribution in [0.2, 0.25) is 0 Å². The van der Waals surface area contributed by atoms with Crippen LogP contribution >= 0.6 is 0 Å². The molecule has 3 rings (SSSR count). The van der Waals surface area contributed by atoms with Gasteiger partial charge in [0.05, 0.1) is 6.10 Å². The van der Waals surface area contributed by atoms with Crippen LogP contribution in [0.1, 0.15) is 49.3 Å². The molecular weight excluding hydrogens is 294 g/mol. The Bertz CT molecular complexity index is 577. The minimum Gasteiger partial charge on any atom is -0.387 e. The van der Waals surface area contributed by atoms with E-state index in [-0.39, 0.29) is 0 Å². The van der Waals surface area contributed by atoms with Crippen LogP contribution in [0.25, 0.3) is 0 Å². The second-order valence-electron chi connectivity index (χ2n) is 6.95. The summed E-state index contributed by atoms with van der Waals surface area (Å²) in [5, 5.41) is 10.7. The summed E-state index contributed by atoms with van der Waals surface area (Å²) in [6, 6.07) is 21.4. The first-order valence-electron chi connectivity index (χ1n) is 9.34. The van der Waals surface area contributed by atoms with Gasteiger partial charge in [-0.05, 0) is 30.4 Å². The zero-order valence-electron chi connectivity index (χ0n) is 14.5. The standard InChI is InChI=1S/C22H29NO/c24-22(20-12-6-2-7-13-20)18-23(21-14-8-3-9-15-21)17-16-19-10-4-1-5-11-19/h1-2,4-7,10-13,21-22,24H,3,8-9,14-18H2. The lowest BCUT2D eigenvalue weighted by Gasteiger charge is -2.35. The normalized spacial score (nSPS) is 17.1. The highest BCUT2D eigenvalue weighted by Gasteiger charge is 2.23. The second kappa shape index (κ2) is 9.00. The lowest BCUT2D eigenvalue weighted by Crippen LogP contribution is -2.40. The molecule has 1 saturated carbocycles. The van der Waals surface area contributed by atoms with Gasteiger partial charge in [-0.15, -0.1) is 0 Å². The molecule has 1 aliphatic carbocycles. The van der Waals surface area contributed by atoms with Crippen molar-refractivity contribution in [3.8, 4) is 0 Å². The molecule has 128 valence electrons. The van der Waals surface area contributed by atoms with Gasteiger partial charge >= 0.3 is 0 Å². The third-order valence-corrected chi connectivity index (χ3v) is 5.21. The molecule has 0 aromatic heterocycles. The van der Waals surface area contributed by atoms with Gasteiger partial charge in [0.2, 0.25) is 0 Å². The molecule has 0 saturated heterocycles. The molecule has 1 fully saturated rings. The van der Waals surface area contributed by atoms with E-state index in [1.54, 1.807) is 0 Å².